The summed E-state index contributed by atoms with van der Waals surface area (Å²) in [6.07, 6.45) is 9.72. The van der Waals surface area contributed by atoms with Crippen molar-refractivity contribution < 1.29 is 13.0 Å². The molecule has 0 aromatic heterocycles. The van der Waals surface area contributed by atoms with E-state index in [1.807, 2.05) is 12.1 Å². The largest absolute Gasteiger partial charge is 0.294 e. The highest BCUT2D eigenvalue weighted by Crippen LogP contribution is 2.34. The first-order chi connectivity index (χ1) is 10.9. The highest BCUT2D eigenvalue weighted by Gasteiger charge is 2.23. The maximum Gasteiger partial charge on any atom is 0.294 e. The van der Waals surface area contributed by atoms with Crippen molar-refractivity contribution in [2.75, 3.05) is 0 Å². The van der Waals surface area contributed by atoms with Crippen LogP contribution >= 0.6 is 0 Å². The van der Waals surface area contributed by atoms with Crippen LogP contribution in [-0.4, -0.2) is 13.0 Å². The molecule has 0 bridgehead atoms. The third-order valence-corrected chi connectivity index (χ3v) is 5.45. The second-order valence-electron chi connectivity index (χ2n) is 6.77. The van der Waals surface area contributed by atoms with Crippen LogP contribution in [0.1, 0.15) is 83.6 Å². The molecule has 0 fully saturated rings. The Kier molecular flexibility index (Phi) is 8.85. The number of rotatable bonds is 11. The fourth-order valence-electron chi connectivity index (χ4n) is 3.19. The van der Waals surface area contributed by atoms with Gasteiger partial charge in [-0.05, 0) is 29.9 Å². The lowest BCUT2D eigenvalue weighted by atomic mass is 9.84. The Balaban J connectivity index is 2.66. The zero-order valence-corrected chi connectivity index (χ0v) is 15.6. The monoisotopic (exact) mass is 340 g/mol. The molecule has 0 spiro atoms. The second-order valence-corrected chi connectivity index (χ2v) is 8.16. The van der Waals surface area contributed by atoms with Gasteiger partial charge in [0.25, 0.3) is 10.1 Å². The summed E-state index contributed by atoms with van der Waals surface area (Å²) in [7, 11) is -4.16. The Hall–Kier alpha value is -0.870. The van der Waals surface area contributed by atoms with Crippen molar-refractivity contribution in [2.24, 2.45) is 5.92 Å². The molecule has 132 valence electrons. The van der Waals surface area contributed by atoms with Crippen molar-refractivity contribution in [2.45, 2.75) is 83.0 Å². The third-order valence-electron chi connectivity index (χ3n) is 4.52. The van der Waals surface area contributed by atoms with Gasteiger partial charge in [-0.1, -0.05) is 83.9 Å². The molecule has 1 aromatic carbocycles. The summed E-state index contributed by atoms with van der Waals surface area (Å²) in [4.78, 5) is 0.0710. The van der Waals surface area contributed by atoms with Gasteiger partial charge < -0.3 is 0 Å². The van der Waals surface area contributed by atoms with E-state index < -0.39 is 10.1 Å². The quantitative estimate of drug-likeness (QED) is 0.408. The van der Waals surface area contributed by atoms with Crippen LogP contribution < -0.4 is 0 Å². The van der Waals surface area contributed by atoms with Crippen molar-refractivity contribution in [3.8, 4) is 0 Å². The molecular formula is C19H32O3S. The van der Waals surface area contributed by atoms with E-state index in [-0.39, 0.29) is 10.8 Å². The van der Waals surface area contributed by atoms with E-state index in [1.165, 1.54) is 44.6 Å². The first-order valence-corrected chi connectivity index (χ1v) is 10.4. The minimum Gasteiger partial charge on any atom is -0.282 e. The SMILES string of the molecule is CCCCCCCCCC(c1ccccc1S(=O)(=O)O)C(C)C. The molecule has 0 aliphatic heterocycles. The van der Waals surface area contributed by atoms with Gasteiger partial charge in [0.15, 0.2) is 0 Å². The Morgan fingerprint density at radius 3 is 2.09 bits per heavy atom. The summed E-state index contributed by atoms with van der Waals surface area (Å²) < 4.78 is 32.7. The minimum atomic E-state index is -4.16. The zero-order chi connectivity index (χ0) is 17.3. The smallest absolute Gasteiger partial charge is 0.282 e. The van der Waals surface area contributed by atoms with E-state index >= 15 is 0 Å². The second kappa shape index (κ2) is 10.1. The van der Waals surface area contributed by atoms with Gasteiger partial charge in [-0.25, -0.2) is 0 Å². The van der Waals surface area contributed by atoms with E-state index in [0.717, 1.165) is 18.4 Å². The van der Waals surface area contributed by atoms with E-state index in [9.17, 15) is 13.0 Å². The van der Waals surface area contributed by atoms with E-state index in [0.29, 0.717) is 5.92 Å². The Morgan fingerprint density at radius 1 is 0.957 bits per heavy atom. The van der Waals surface area contributed by atoms with Crippen molar-refractivity contribution in [1.82, 2.24) is 0 Å². The van der Waals surface area contributed by atoms with Gasteiger partial charge in [0.05, 0.1) is 4.90 Å². The molecule has 1 N–H and O–H groups in total. The summed E-state index contributed by atoms with van der Waals surface area (Å²) in [5.41, 5.74) is 0.760. The van der Waals surface area contributed by atoms with Crippen LogP contribution in [0.5, 0.6) is 0 Å². The van der Waals surface area contributed by atoms with Crippen molar-refractivity contribution in [3.63, 3.8) is 0 Å². The highest BCUT2D eigenvalue weighted by molar-refractivity contribution is 7.85. The Morgan fingerprint density at radius 2 is 1.52 bits per heavy atom. The van der Waals surface area contributed by atoms with Gasteiger partial charge >= 0.3 is 0 Å². The Bertz CT molecular complexity index is 549. The predicted octanol–water partition coefficient (Wildman–Crippen LogP) is 5.81. The summed E-state index contributed by atoms with van der Waals surface area (Å²) in [5.74, 6) is 0.516. The van der Waals surface area contributed by atoms with Crippen LogP contribution in [0.4, 0.5) is 0 Å². The van der Waals surface area contributed by atoms with Gasteiger partial charge in [-0.3, -0.25) is 4.55 Å². The molecule has 1 rings (SSSR count). The molecule has 3 nitrogen and oxygen atoms in total. The fraction of sp³-hybridized carbons (Fsp3) is 0.684. The van der Waals surface area contributed by atoms with Crippen LogP contribution in [-0.2, 0) is 10.1 Å². The van der Waals surface area contributed by atoms with Crippen molar-refractivity contribution in [1.29, 1.82) is 0 Å². The lowest BCUT2D eigenvalue weighted by Gasteiger charge is -2.23. The van der Waals surface area contributed by atoms with E-state index in [2.05, 4.69) is 20.8 Å². The predicted molar refractivity (Wildman–Crippen MR) is 96.4 cm³/mol. The van der Waals surface area contributed by atoms with Gasteiger partial charge in [0.2, 0.25) is 0 Å². The molecule has 1 unspecified atom stereocenters. The lowest BCUT2D eigenvalue weighted by molar-refractivity contribution is 0.431. The molecule has 0 heterocycles. The maximum absolute atomic E-state index is 11.6. The third kappa shape index (κ3) is 7.05. The molecular weight excluding hydrogens is 308 g/mol. The normalized spacial score (nSPS) is 13.4. The lowest BCUT2D eigenvalue weighted by Crippen LogP contribution is -2.12. The molecule has 1 aromatic rings. The molecule has 0 radical (unpaired) electrons. The molecule has 0 aliphatic rings. The fourth-order valence-corrected chi connectivity index (χ4v) is 3.96. The minimum absolute atomic E-state index is 0.0710. The van der Waals surface area contributed by atoms with E-state index in [4.69, 9.17) is 0 Å². The molecule has 23 heavy (non-hydrogen) atoms. The maximum atomic E-state index is 11.6. The van der Waals surface area contributed by atoms with Gasteiger partial charge in [-0.15, -0.1) is 0 Å². The number of hydrogen-bond donors (Lipinski definition) is 1. The van der Waals surface area contributed by atoms with E-state index in [1.54, 1.807) is 6.07 Å². The molecule has 1 atom stereocenters. The summed E-state index contributed by atoms with van der Waals surface area (Å²) in [6.45, 7) is 6.46. The van der Waals surface area contributed by atoms with Gasteiger partial charge in [0, 0.05) is 0 Å². The standard InChI is InChI=1S/C19H32O3S/c1-4-5-6-7-8-9-10-13-17(16(2)3)18-14-11-12-15-19(18)23(20,21)22/h11-12,14-17H,4-10,13H2,1-3H3,(H,20,21,22). The topological polar surface area (TPSA) is 54.4 Å². The van der Waals surface area contributed by atoms with Crippen LogP contribution in [0.15, 0.2) is 29.2 Å². The summed E-state index contributed by atoms with van der Waals surface area (Å²) in [5, 5.41) is 0. The number of hydrogen-bond acceptors (Lipinski definition) is 2. The first-order valence-electron chi connectivity index (χ1n) is 8.94. The van der Waals surface area contributed by atoms with Crippen molar-refractivity contribution >= 4 is 10.1 Å². The average molecular weight is 341 g/mol. The summed E-state index contributed by atoms with van der Waals surface area (Å²) >= 11 is 0. The molecule has 0 aliphatic carbocycles. The highest BCUT2D eigenvalue weighted by atomic mass is 32.2. The summed E-state index contributed by atoms with van der Waals surface area (Å²) in [6, 6.07) is 6.86. The number of benzene rings is 1. The van der Waals surface area contributed by atoms with Crippen molar-refractivity contribution in [3.05, 3.63) is 29.8 Å². The van der Waals surface area contributed by atoms with Crippen LogP contribution in [0.25, 0.3) is 0 Å². The molecule has 0 saturated carbocycles. The van der Waals surface area contributed by atoms with Gasteiger partial charge in [-0.2, -0.15) is 8.42 Å². The number of unbranched alkanes of at least 4 members (excludes halogenated alkanes) is 6. The zero-order valence-electron chi connectivity index (χ0n) is 14.8. The first kappa shape index (κ1) is 20.2. The van der Waals surface area contributed by atoms with Crippen LogP contribution in [0, 0.1) is 5.92 Å². The molecule has 0 saturated heterocycles. The molecule has 0 amide bonds. The van der Waals surface area contributed by atoms with Crippen LogP contribution in [0.2, 0.25) is 0 Å². The van der Waals surface area contributed by atoms with Crippen LogP contribution in [0.3, 0.4) is 0 Å². The molecule has 4 heteroatoms. The van der Waals surface area contributed by atoms with Gasteiger partial charge in [0.1, 0.15) is 0 Å². The Labute approximate surface area is 142 Å². The average Bonchev–Trinajstić information content (AvgIpc) is 2.49.